The Labute approximate surface area is 246 Å². The van der Waals surface area contributed by atoms with Crippen LogP contribution >= 0.6 is 12.4 Å². The molecule has 0 bridgehead atoms. The van der Waals surface area contributed by atoms with Gasteiger partial charge in [-0.2, -0.15) is 0 Å². The van der Waals surface area contributed by atoms with Crippen LogP contribution in [-0.4, -0.2) is 26.3 Å². The number of halogens is 1. The standard InChI is InChI=1S/C34H56N2O2.ClH/c1-5-9-13-15-33(35-25-11-7-3)29-17-21-31(22-18-29)37-27-28-38-32-23-19-30(20-24-32)34(16-14-10-6-2)36-26-12-8-4;/h17-24,33-36H,5-16,25-28H2,1-4H3;1H. The second-order valence-corrected chi connectivity index (χ2v) is 10.5. The van der Waals surface area contributed by atoms with Crippen LogP contribution in [-0.2, 0) is 0 Å². The minimum atomic E-state index is 0. The van der Waals surface area contributed by atoms with E-state index < -0.39 is 0 Å². The normalized spacial score (nSPS) is 12.5. The maximum absolute atomic E-state index is 5.98. The third kappa shape index (κ3) is 15.0. The topological polar surface area (TPSA) is 42.5 Å². The first kappa shape index (κ1) is 35.3. The van der Waals surface area contributed by atoms with Gasteiger partial charge in [0.2, 0.25) is 0 Å². The van der Waals surface area contributed by atoms with Crippen molar-refractivity contribution in [3.63, 3.8) is 0 Å². The first-order chi connectivity index (χ1) is 18.7. The van der Waals surface area contributed by atoms with Crippen molar-refractivity contribution in [2.45, 2.75) is 117 Å². The molecule has 2 aromatic rings. The molecule has 5 heteroatoms. The predicted octanol–water partition coefficient (Wildman–Crippen LogP) is 9.59. The van der Waals surface area contributed by atoms with Crippen LogP contribution in [0.4, 0.5) is 0 Å². The Morgan fingerprint density at radius 1 is 0.513 bits per heavy atom. The summed E-state index contributed by atoms with van der Waals surface area (Å²) in [7, 11) is 0. The van der Waals surface area contributed by atoms with Crippen molar-refractivity contribution in [1.82, 2.24) is 10.6 Å². The second kappa shape index (κ2) is 23.0. The van der Waals surface area contributed by atoms with Crippen LogP contribution in [0.5, 0.6) is 11.5 Å². The molecule has 0 aliphatic rings. The van der Waals surface area contributed by atoms with E-state index in [-0.39, 0.29) is 12.4 Å². The molecule has 2 atom stereocenters. The van der Waals surface area contributed by atoms with E-state index in [2.05, 4.69) is 86.9 Å². The number of benzene rings is 2. The van der Waals surface area contributed by atoms with E-state index in [9.17, 15) is 0 Å². The molecule has 4 nitrogen and oxygen atoms in total. The van der Waals surface area contributed by atoms with E-state index in [0.717, 1.165) is 24.6 Å². The smallest absolute Gasteiger partial charge is 0.122 e. The monoisotopic (exact) mass is 560 g/mol. The molecule has 0 radical (unpaired) electrons. The van der Waals surface area contributed by atoms with E-state index in [1.807, 2.05) is 0 Å². The minimum Gasteiger partial charge on any atom is -0.490 e. The average molecular weight is 561 g/mol. The van der Waals surface area contributed by atoms with Gasteiger partial charge < -0.3 is 20.1 Å². The lowest BCUT2D eigenvalue weighted by atomic mass is 10.00. The third-order valence-electron chi connectivity index (χ3n) is 7.22. The highest BCUT2D eigenvalue weighted by Gasteiger charge is 2.12. The molecule has 0 spiro atoms. The molecule has 222 valence electrons. The van der Waals surface area contributed by atoms with Crippen LogP contribution in [0.3, 0.4) is 0 Å². The third-order valence-corrected chi connectivity index (χ3v) is 7.22. The maximum Gasteiger partial charge on any atom is 0.122 e. The van der Waals surface area contributed by atoms with Gasteiger partial charge in [-0.1, -0.05) is 103 Å². The van der Waals surface area contributed by atoms with E-state index in [1.165, 1.54) is 88.2 Å². The Hall–Kier alpha value is -1.75. The molecule has 0 amide bonds. The lowest BCUT2D eigenvalue weighted by Gasteiger charge is -2.20. The van der Waals surface area contributed by atoms with Crippen molar-refractivity contribution < 1.29 is 9.47 Å². The molecular weight excluding hydrogens is 504 g/mol. The number of rotatable bonds is 23. The highest BCUT2D eigenvalue weighted by atomic mass is 35.5. The zero-order valence-electron chi connectivity index (χ0n) is 25.3. The molecule has 0 aromatic heterocycles. The highest BCUT2D eigenvalue weighted by Crippen LogP contribution is 2.24. The van der Waals surface area contributed by atoms with Gasteiger partial charge in [0.15, 0.2) is 0 Å². The lowest BCUT2D eigenvalue weighted by Crippen LogP contribution is -2.22. The Kier molecular flexibility index (Phi) is 20.8. The molecule has 2 aromatic carbocycles. The maximum atomic E-state index is 5.98. The lowest BCUT2D eigenvalue weighted by molar-refractivity contribution is 0.217. The van der Waals surface area contributed by atoms with E-state index in [4.69, 9.17) is 9.47 Å². The fourth-order valence-electron chi connectivity index (χ4n) is 4.79. The first-order valence-electron chi connectivity index (χ1n) is 15.6. The summed E-state index contributed by atoms with van der Waals surface area (Å²) in [4.78, 5) is 0. The van der Waals surface area contributed by atoms with Gasteiger partial charge in [-0.05, 0) is 74.2 Å². The summed E-state index contributed by atoms with van der Waals surface area (Å²) in [5.41, 5.74) is 2.72. The van der Waals surface area contributed by atoms with Crippen LogP contribution in [0.25, 0.3) is 0 Å². The number of hydrogen-bond donors (Lipinski definition) is 2. The van der Waals surface area contributed by atoms with E-state index in [1.54, 1.807) is 0 Å². The molecule has 2 rings (SSSR count). The zero-order valence-corrected chi connectivity index (χ0v) is 26.1. The van der Waals surface area contributed by atoms with Crippen LogP contribution in [0.2, 0.25) is 0 Å². The summed E-state index contributed by atoms with van der Waals surface area (Å²) in [5.74, 6) is 1.81. The van der Waals surface area contributed by atoms with Crippen LogP contribution in [0.15, 0.2) is 48.5 Å². The predicted molar refractivity (Wildman–Crippen MR) is 171 cm³/mol. The summed E-state index contributed by atoms with van der Waals surface area (Å²) >= 11 is 0. The summed E-state index contributed by atoms with van der Waals surface area (Å²) < 4.78 is 12.0. The number of hydrogen-bond acceptors (Lipinski definition) is 4. The van der Waals surface area contributed by atoms with Crippen molar-refractivity contribution in [2.75, 3.05) is 26.3 Å². The molecule has 39 heavy (non-hydrogen) atoms. The molecule has 0 aliphatic heterocycles. The minimum absolute atomic E-state index is 0. The van der Waals surface area contributed by atoms with Gasteiger partial charge in [0.25, 0.3) is 0 Å². The van der Waals surface area contributed by atoms with Crippen molar-refractivity contribution in [2.24, 2.45) is 0 Å². The van der Waals surface area contributed by atoms with Gasteiger partial charge in [-0.3, -0.25) is 0 Å². The Morgan fingerprint density at radius 3 is 1.21 bits per heavy atom. The Balaban J connectivity index is 0.00000760. The van der Waals surface area contributed by atoms with Gasteiger partial charge in [0, 0.05) is 12.1 Å². The quantitative estimate of drug-likeness (QED) is 0.133. The van der Waals surface area contributed by atoms with E-state index >= 15 is 0 Å². The molecule has 0 heterocycles. The zero-order chi connectivity index (χ0) is 27.3. The molecule has 0 fully saturated rings. The fourth-order valence-corrected chi connectivity index (χ4v) is 4.79. The molecule has 2 N–H and O–H groups in total. The van der Waals surface area contributed by atoms with Crippen LogP contribution < -0.4 is 20.1 Å². The fraction of sp³-hybridized carbons (Fsp3) is 0.647. The van der Waals surface area contributed by atoms with Crippen molar-refractivity contribution >= 4 is 12.4 Å². The van der Waals surface area contributed by atoms with Gasteiger partial charge >= 0.3 is 0 Å². The Bertz CT molecular complexity index is 723. The molecular formula is C34H57ClN2O2. The van der Waals surface area contributed by atoms with Crippen molar-refractivity contribution in [3.05, 3.63) is 59.7 Å². The second-order valence-electron chi connectivity index (χ2n) is 10.5. The number of nitrogens with one attached hydrogen (secondary N) is 2. The van der Waals surface area contributed by atoms with Gasteiger partial charge in [0.1, 0.15) is 24.7 Å². The van der Waals surface area contributed by atoms with Crippen molar-refractivity contribution in [3.8, 4) is 11.5 Å². The summed E-state index contributed by atoms with van der Waals surface area (Å²) in [6.45, 7) is 12.3. The van der Waals surface area contributed by atoms with Gasteiger partial charge in [-0.15, -0.1) is 12.4 Å². The van der Waals surface area contributed by atoms with E-state index in [0.29, 0.717) is 25.3 Å². The Morgan fingerprint density at radius 2 is 0.872 bits per heavy atom. The number of ether oxygens (including phenoxy) is 2. The molecule has 2 unspecified atom stereocenters. The first-order valence-corrected chi connectivity index (χ1v) is 15.6. The number of unbranched alkanes of at least 4 members (excludes halogenated alkanes) is 6. The summed E-state index contributed by atoms with van der Waals surface area (Å²) in [6, 6.07) is 18.1. The average Bonchev–Trinajstić information content (AvgIpc) is 2.95. The van der Waals surface area contributed by atoms with Crippen LogP contribution in [0.1, 0.15) is 128 Å². The summed E-state index contributed by atoms with van der Waals surface area (Å²) in [6.07, 6.45) is 14.9. The molecule has 0 saturated heterocycles. The largest absolute Gasteiger partial charge is 0.490 e. The molecule has 0 aliphatic carbocycles. The van der Waals surface area contributed by atoms with Gasteiger partial charge in [-0.25, -0.2) is 0 Å². The van der Waals surface area contributed by atoms with Crippen LogP contribution in [0, 0.1) is 0 Å². The summed E-state index contributed by atoms with van der Waals surface area (Å²) in [5, 5.41) is 7.51. The van der Waals surface area contributed by atoms with Crippen molar-refractivity contribution in [1.29, 1.82) is 0 Å². The SMILES string of the molecule is CCCCCC(NCCCC)c1ccc(OCCOc2ccc(C(CCCCC)NCCCC)cc2)cc1.Cl. The van der Waals surface area contributed by atoms with Gasteiger partial charge in [0.05, 0.1) is 0 Å². The highest BCUT2D eigenvalue weighted by molar-refractivity contribution is 5.85. The molecule has 0 saturated carbocycles.